The van der Waals surface area contributed by atoms with Gasteiger partial charge < -0.3 is 16.0 Å². The molecule has 1 aliphatic carbocycles. The highest BCUT2D eigenvalue weighted by atomic mass is 16.2. The summed E-state index contributed by atoms with van der Waals surface area (Å²) in [4.78, 5) is 27.9. The molecule has 2 unspecified atom stereocenters. The number of hydrogen-bond acceptors (Lipinski definition) is 5. The number of hydrogen-bond donors (Lipinski definition) is 2. The molecule has 0 bridgehead atoms. The fourth-order valence-corrected chi connectivity index (χ4v) is 4.51. The molecule has 0 heterocycles. The van der Waals surface area contributed by atoms with E-state index in [1.165, 1.54) is 0 Å². The molecule has 2 atom stereocenters. The molecule has 3 aromatic carbocycles. The van der Waals surface area contributed by atoms with E-state index in [0.717, 1.165) is 31.2 Å². The number of nitrogens with zero attached hydrogens (tertiary/aromatic N) is 3. The van der Waals surface area contributed by atoms with Crippen molar-refractivity contribution in [3.63, 3.8) is 0 Å². The molecule has 0 aromatic heterocycles. The van der Waals surface area contributed by atoms with Gasteiger partial charge in [0, 0.05) is 35.4 Å². The van der Waals surface area contributed by atoms with Crippen LogP contribution in [0.15, 0.2) is 72.8 Å². The van der Waals surface area contributed by atoms with Crippen LogP contribution in [-0.4, -0.2) is 28.8 Å². The van der Waals surface area contributed by atoms with Crippen molar-refractivity contribution in [3.8, 4) is 12.1 Å². The summed E-state index contributed by atoms with van der Waals surface area (Å²) < 4.78 is 0. The van der Waals surface area contributed by atoms with E-state index in [-0.39, 0.29) is 23.9 Å². The van der Waals surface area contributed by atoms with E-state index in [4.69, 9.17) is 16.3 Å². The van der Waals surface area contributed by atoms with Gasteiger partial charge in [-0.05, 0) is 79.1 Å². The van der Waals surface area contributed by atoms with Gasteiger partial charge in [-0.3, -0.25) is 9.59 Å². The highest BCUT2D eigenvalue weighted by Gasteiger charge is 2.31. The number of amides is 2. The molecule has 1 saturated carbocycles. The van der Waals surface area contributed by atoms with Crippen molar-refractivity contribution in [3.05, 3.63) is 101 Å². The Morgan fingerprint density at radius 3 is 1.94 bits per heavy atom. The molecular weight excluding hydrogens is 450 g/mol. The number of nitrogens with two attached hydrogens (primary N) is 1. The lowest BCUT2D eigenvalue weighted by Gasteiger charge is -2.38. The molecule has 3 N–H and O–H groups in total. The third-order valence-corrected chi connectivity index (χ3v) is 6.54. The van der Waals surface area contributed by atoms with E-state index >= 15 is 0 Å². The number of anilines is 1. The number of carbonyl (C=O) groups is 2. The summed E-state index contributed by atoms with van der Waals surface area (Å²) in [5.74, 6) is -0.377. The maximum atomic E-state index is 13.5. The van der Waals surface area contributed by atoms with Crippen molar-refractivity contribution in [2.24, 2.45) is 5.73 Å². The third kappa shape index (κ3) is 5.78. The smallest absolute Gasteiger partial charge is 0.255 e. The standard InChI is InChI=1S/C29H27N5O2/c30-17-20-5-11-23(12-6-20)28(35)33-25-15-9-22(10-16-25)19-34(27-4-2-1-3-26(27)32)29(36)24-13-7-21(18-31)8-14-24/h5-16,26-27H,1-4,19,32H2,(H,33,35). The van der Waals surface area contributed by atoms with E-state index in [0.29, 0.717) is 34.5 Å². The Balaban J connectivity index is 1.50. The van der Waals surface area contributed by atoms with Gasteiger partial charge in [0.15, 0.2) is 0 Å². The summed E-state index contributed by atoms with van der Waals surface area (Å²) in [5, 5.41) is 20.8. The Kier molecular flexibility index (Phi) is 7.75. The van der Waals surface area contributed by atoms with Gasteiger partial charge in [-0.1, -0.05) is 25.0 Å². The summed E-state index contributed by atoms with van der Waals surface area (Å²) in [6.07, 6.45) is 3.81. The van der Waals surface area contributed by atoms with Crippen LogP contribution in [0, 0.1) is 22.7 Å². The molecule has 2 amide bonds. The van der Waals surface area contributed by atoms with Crippen LogP contribution in [0.3, 0.4) is 0 Å². The molecule has 3 aromatic rings. The number of benzene rings is 3. The molecule has 0 radical (unpaired) electrons. The van der Waals surface area contributed by atoms with Gasteiger partial charge in [-0.15, -0.1) is 0 Å². The molecule has 0 aliphatic heterocycles. The van der Waals surface area contributed by atoms with Crippen molar-refractivity contribution >= 4 is 17.5 Å². The predicted octanol–water partition coefficient (Wildman–Crippen LogP) is 4.59. The maximum Gasteiger partial charge on any atom is 0.255 e. The van der Waals surface area contributed by atoms with Crippen LogP contribution in [0.1, 0.15) is 63.1 Å². The molecule has 36 heavy (non-hydrogen) atoms. The van der Waals surface area contributed by atoms with Gasteiger partial charge >= 0.3 is 0 Å². The molecule has 0 spiro atoms. The van der Waals surface area contributed by atoms with Crippen LogP contribution in [0.5, 0.6) is 0 Å². The zero-order chi connectivity index (χ0) is 25.5. The minimum Gasteiger partial charge on any atom is -0.330 e. The Morgan fingerprint density at radius 1 is 0.833 bits per heavy atom. The predicted molar refractivity (Wildman–Crippen MR) is 137 cm³/mol. The average molecular weight is 478 g/mol. The lowest BCUT2D eigenvalue weighted by molar-refractivity contribution is 0.0583. The molecule has 7 nitrogen and oxygen atoms in total. The number of nitrogens with one attached hydrogen (secondary N) is 1. The summed E-state index contributed by atoms with van der Waals surface area (Å²) in [6, 6.07) is 24.5. The second kappa shape index (κ2) is 11.3. The van der Waals surface area contributed by atoms with Gasteiger partial charge in [0.05, 0.1) is 23.3 Å². The number of rotatable bonds is 6. The second-order valence-corrected chi connectivity index (χ2v) is 8.98. The Hall–Kier alpha value is -4.46. The first-order chi connectivity index (χ1) is 17.5. The molecule has 1 fully saturated rings. The highest BCUT2D eigenvalue weighted by Crippen LogP contribution is 2.26. The number of nitriles is 2. The molecular formula is C29H27N5O2. The highest BCUT2D eigenvalue weighted by molar-refractivity contribution is 6.04. The Morgan fingerprint density at radius 2 is 1.39 bits per heavy atom. The van der Waals surface area contributed by atoms with Gasteiger partial charge in [0.2, 0.25) is 0 Å². The second-order valence-electron chi connectivity index (χ2n) is 8.98. The SMILES string of the molecule is N#Cc1ccc(C(=O)Nc2ccc(CN(C(=O)c3ccc(C#N)cc3)C3CCCCC3N)cc2)cc1. The van der Waals surface area contributed by atoms with Gasteiger partial charge in [-0.25, -0.2) is 0 Å². The maximum absolute atomic E-state index is 13.5. The first kappa shape index (κ1) is 24.7. The van der Waals surface area contributed by atoms with Crippen LogP contribution >= 0.6 is 0 Å². The van der Waals surface area contributed by atoms with E-state index < -0.39 is 0 Å². The van der Waals surface area contributed by atoms with Gasteiger partial charge in [-0.2, -0.15) is 10.5 Å². The third-order valence-electron chi connectivity index (χ3n) is 6.54. The first-order valence-electron chi connectivity index (χ1n) is 12.0. The number of carbonyl (C=O) groups excluding carboxylic acids is 2. The summed E-state index contributed by atoms with van der Waals surface area (Å²) in [7, 11) is 0. The van der Waals surface area contributed by atoms with Crippen molar-refractivity contribution in [2.75, 3.05) is 5.32 Å². The van der Waals surface area contributed by atoms with Crippen LogP contribution in [-0.2, 0) is 6.54 Å². The van der Waals surface area contributed by atoms with Crippen molar-refractivity contribution in [1.29, 1.82) is 10.5 Å². The summed E-state index contributed by atoms with van der Waals surface area (Å²) >= 11 is 0. The molecule has 4 rings (SSSR count). The normalized spacial score (nSPS) is 16.9. The fourth-order valence-electron chi connectivity index (χ4n) is 4.51. The minimum absolute atomic E-state index is 0.0716. The Bertz CT molecular complexity index is 1300. The largest absolute Gasteiger partial charge is 0.330 e. The minimum atomic E-state index is -0.266. The first-order valence-corrected chi connectivity index (χ1v) is 12.0. The zero-order valence-corrected chi connectivity index (χ0v) is 19.9. The van der Waals surface area contributed by atoms with Crippen molar-refractivity contribution < 1.29 is 9.59 Å². The molecule has 180 valence electrons. The molecule has 7 heteroatoms. The summed E-state index contributed by atoms with van der Waals surface area (Å²) in [5.41, 5.74) is 9.99. The lowest BCUT2D eigenvalue weighted by atomic mass is 9.89. The van der Waals surface area contributed by atoms with Crippen LogP contribution in [0.2, 0.25) is 0 Å². The van der Waals surface area contributed by atoms with Gasteiger partial charge in [0.1, 0.15) is 0 Å². The summed E-state index contributed by atoms with van der Waals surface area (Å²) in [6.45, 7) is 0.390. The quantitative estimate of drug-likeness (QED) is 0.537. The fraction of sp³-hybridized carbons (Fsp3) is 0.241. The van der Waals surface area contributed by atoms with E-state index in [9.17, 15) is 9.59 Å². The van der Waals surface area contributed by atoms with Crippen LogP contribution < -0.4 is 11.1 Å². The Labute approximate surface area is 210 Å². The van der Waals surface area contributed by atoms with E-state index in [1.54, 1.807) is 48.5 Å². The van der Waals surface area contributed by atoms with Crippen LogP contribution in [0.4, 0.5) is 5.69 Å². The monoisotopic (exact) mass is 477 g/mol. The average Bonchev–Trinajstić information content (AvgIpc) is 2.93. The van der Waals surface area contributed by atoms with E-state index in [2.05, 4.69) is 11.4 Å². The van der Waals surface area contributed by atoms with Crippen LogP contribution in [0.25, 0.3) is 0 Å². The molecule has 1 aliphatic rings. The topological polar surface area (TPSA) is 123 Å². The zero-order valence-electron chi connectivity index (χ0n) is 19.9. The molecule has 0 saturated heterocycles. The van der Waals surface area contributed by atoms with Gasteiger partial charge in [0.25, 0.3) is 11.8 Å². The van der Waals surface area contributed by atoms with Crippen molar-refractivity contribution in [1.82, 2.24) is 4.90 Å². The van der Waals surface area contributed by atoms with E-state index in [1.807, 2.05) is 35.2 Å². The lowest BCUT2D eigenvalue weighted by Crippen LogP contribution is -2.51. The van der Waals surface area contributed by atoms with Crippen molar-refractivity contribution in [2.45, 2.75) is 44.3 Å².